The topological polar surface area (TPSA) is 35.5 Å². The van der Waals surface area contributed by atoms with Gasteiger partial charge in [-0.2, -0.15) is 0 Å². The Morgan fingerprint density at radius 3 is 2.12 bits per heavy atom. The number of ether oxygens (including phenoxy) is 2. The van der Waals surface area contributed by atoms with E-state index in [-0.39, 0.29) is 28.6 Å². The highest BCUT2D eigenvalue weighted by Crippen LogP contribution is 2.44. The highest BCUT2D eigenvalue weighted by molar-refractivity contribution is 5.85. The van der Waals surface area contributed by atoms with Crippen molar-refractivity contribution >= 4 is 12.0 Å². The van der Waals surface area contributed by atoms with Crippen LogP contribution >= 0.6 is 0 Å². The molecule has 178 valence electrons. The molecule has 0 N–H and O–H groups in total. The van der Waals surface area contributed by atoms with E-state index in [0.29, 0.717) is 5.75 Å². The Morgan fingerprint density at radius 2 is 1.58 bits per heavy atom. The van der Waals surface area contributed by atoms with Gasteiger partial charge in [0.1, 0.15) is 11.5 Å². The molecule has 0 spiro atoms. The van der Waals surface area contributed by atoms with E-state index in [9.17, 15) is 4.79 Å². The number of benzene rings is 2. The Bertz CT molecular complexity index is 983. The Hall–Kier alpha value is -2.55. The molecule has 33 heavy (non-hydrogen) atoms. The first-order valence-corrected chi connectivity index (χ1v) is 12.2. The molecule has 3 nitrogen and oxygen atoms in total. The predicted molar refractivity (Wildman–Crippen MR) is 137 cm³/mol. The number of esters is 1. The summed E-state index contributed by atoms with van der Waals surface area (Å²) in [6.07, 6.45) is 7.53. The maximum atomic E-state index is 13.9. The van der Waals surface area contributed by atoms with E-state index in [4.69, 9.17) is 9.47 Å². The van der Waals surface area contributed by atoms with Crippen LogP contribution in [0.4, 0.5) is 0 Å². The number of rotatable bonds is 6. The normalized spacial score (nSPS) is 18.1. The van der Waals surface area contributed by atoms with Crippen LogP contribution in [0.15, 0.2) is 42.5 Å². The SMILES string of the molecule is CCCC[C@@H]1C=Cc2ccccc2[C@H]1C(=O)Oc1c(C(C)(C)C)cc(OC)cc1C(C)(C)C. The molecule has 1 aliphatic rings. The number of allylic oxidation sites excluding steroid dienone is 1. The zero-order chi connectivity index (χ0) is 24.4. The lowest BCUT2D eigenvalue weighted by atomic mass is 9.76. The van der Waals surface area contributed by atoms with Gasteiger partial charge in [0, 0.05) is 11.1 Å². The van der Waals surface area contributed by atoms with Gasteiger partial charge in [-0.15, -0.1) is 0 Å². The number of carbonyl (C=O) groups is 1. The highest BCUT2D eigenvalue weighted by Gasteiger charge is 2.36. The van der Waals surface area contributed by atoms with Crippen molar-refractivity contribution in [3.05, 3.63) is 64.7 Å². The summed E-state index contributed by atoms with van der Waals surface area (Å²) in [6, 6.07) is 12.2. The van der Waals surface area contributed by atoms with Gasteiger partial charge in [0.25, 0.3) is 0 Å². The maximum Gasteiger partial charge on any atom is 0.319 e. The van der Waals surface area contributed by atoms with Crippen LogP contribution in [-0.4, -0.2) is 13.1 Å². The van der Waals surface area contributed by atoms with Crippen LogP contribution in [0.3, 0.4) is 0 Å². The Kier molecular flexibility index (Phi) is 7.41. The lowest BCUT2D eigenvalue weighted by Gasteiger charge is -2.32. The van der Waals surface area contributed by atoms with Gasteiger partial charge < -0.3 is 9.47 Å². The lowest BCUT2D eigenvalue weighted by molar-refractivity contribution is -0.137. The first kappa shape index (κ1) is 25.1. The largest absolute Gasteiger partial charge is 0.497 e. The smallest absolute Gasteiger partial charge is 0.319 e. The third-order valence-corrected chi connectivity index (χ3v) is 6.54. The predicted octanol–water partition coefficient (Wildman–Crippen LogP) is 7.81. The quantitative estimate of drug-likeness (QED) is 0.334. The van der Waals surface area contributed by atoms with Crippen molar-refractivity contribution in [3.63, 3.8) is 0 Å². The number of methoxy groups -OCH3 is 1. The Morgan fingerprint density at radius 1 is 0.970 bits per heavy atom. The summed E-state index contributed by atoms with van der Waals surface area (Å²) in [5.74, 6) is 1.13. The molecule has 0 aromatic heterocycles. The zero-order valence-corrected chi connectivity index (χ0v) is 21.6. The van der Waals surface area contributed by atoms with Gasteiger partial charge in [0.15, 0.2) is 0 Å². The van der Waals surface area contributed by atoms with E-state index in [0.717, 1.165) is 47.3 Å². The number of hydrogen-bond donors (Lipinski definition) is 0. The fourth-order valence-corrected chi connectivity index (χ4v) is 4.63. The molecule has 0 heterocycles. The van der Waals surface area contributed by atoms with Gasteiger partial charge >= 0.3 is 5.97 Å². The molecule has 0 amide bonds. The minimum atomic E-state index is -0.305. The molecule has 0 saturated heterocycles. The molecule has 3 heteroatoms. The standard InChI is InChI=1S/C30H40O3/c1-9-10-13-21-17-16-20-14-11-12-15-23(20)26(21)28(31)33-27-24(29(2,3)4)18-22(32-8)19-25(27)30(5,6)7/h11-12,14-19,21,26H,9-10,13H2,1-8H3/t21-,26+/m1/s1. The van der Waals surface area contributed by atoms with Gasteiger partial charge in [-0.05, 0) is 46.4 Å². The summed E-state index contributed by atoms with van der Waals surface area (Å²) in [5, 5.41) is 0. The Labute approximate surface area is 200 Å². The molecule has 2 atom stereocenters. The summed E-state index contributed by atoms with van der Waals surface area (Å²) in [4.78, 5) is 13.9. The van der Waals surface area contributed by atoms with Crippen LogP contribution in [0.25, 0.3) is 6.08 Å². The van der Waals surface area contributed by atoms with Crippen molar-refractivity contribution < 1.29 is 14.3 Å². The van der Waals surface area contributed by atoms with Crippen molar-refractivity contribution in [1.29, 1.82) is 0 Å². The number of hydrogen-bond acceptors (Lipinski definition) is 3. The molecule has 2 aromatic rings. The van der Waals surface area contributed by atoms with Gasteiger partial charge in [-0.3, -0.25) is 4.79 Å². The van der Waals surface area contributed by atoms with E-state index in [1.807, 2.05) is 24.3 Å². The van der Waals surface area contributed by atoms with Gasteiger partial charge in [0.05, 0.1) is 13.0 Å². The second-order valence-electron chi connectivity index (χ2n) is 11.2. The van der Waals surface area contributed by atoms with E-state index in [2.05, 4.69) is 72.8 Å². The number of unbranched alkanes of at least 4 members (excludes halogenated alkanes) is 1. The number of fused-ring (bicyclic) bond motifs is 1. The third-order valence-electron chi connectivity index (χ3n) is 6.54. The van der Waals surface area contributed by atoms with Crippen LogP contribution in [-0.2, 0) is 15.6 Å². The number of carbonyl (C=O) groups excluding carboxylic acids is 1. The van der Waals surface area contributed by atoms with Crippen molar-refractivity contribution in [3.8, 4) is 11.5 Å². The fraction of sp³-hybridized carbons (Fsp3) is 0.500. The Balaban J connectivity index is 2.11. The molecular formula is C30H40O3. The van der Waals surface area contributed by atoms with Crippen molar-refractivity contribution in [1.82, 2.24) is 0 Å². The van der Waals surface area contributed by atoms with E-state index >= 15 is 0 Å². The molecular weight excluding hydrogens is 408 g/mol. The van der Waals surface area contributed by atoms with Crippen LogP contribution in [0.2, 0.25) is 0 Å². The molecule has 0 saturated carbocycles. The minimum Gasteiger partial charge on any atom is -0.497 e. The van der Waals surface area contributed by atoms with Gasteiger partial charge in [0.2, 0.25) is 0 Å². The fourth-order valence-electron chi connectivity index (χ4n) is 4.63. The van der Waals surface area contributed by atoms with E-state index < -0.39 is 0 Å². The zero-order valence-electron chi connectivity index (χ0n) is 21.6. The molecule has 3 rings (SSSR count). The minimum absolute atomic E-state index is 0.141. The molecule has 2 aromatic carbocycles. The molecule has 1 aliphatic carbocycles. The summed E-state index contributed by atoms with van der Waals surface area (Å²) < 4.78 is 12.0. The second-order valence-corrected chi connectivity index (χ2v) is 11.2. The average molecular weight is 449 g/mol. The maximum absolute atomic E-state index is 13.9. The van der Waals surface area contributed by atoms with Gasteiger partial charge in [-0.25, -0.2) is 0 Å². The molecule has 0 bridgehead atoms. The summed E-state index contributed by atoms with van der Waals surface area (Å²) >= 11 is 0. The van der Waals surface area contributed by atoms with Crippen LogP contribution in [0.5, 0.6) is 11.5 Å². The summed E-state index contributed by atoms with van der Waals surface area (Å²) in [6.45, 7) is 15.1. The average Bonchev–Trinajstić information content (AvgIpc) is 2.75. The van der Waals surface area contributed by atoms with E-state index in [1.54, 1.807) is 7.11 Å². The lowest BCUT2D eigenvalue weighted by Crippen LogP contribution is -2.30. The van der Waals surface area contributed by atoms with Crippen molar-refractivity contribution in [2.75, 3.05) is 7.11 Å². The molecule has 0 unspecified atom stereocenters. The molecule has 0 radical (unpaired) electrons. The van der Waals surface area contributed by atoms with Gasteiger partial charge in [-0.1, -0.05) is 97.7 Å². The van der Waals surface area contributed by atoms with Crippen molar-refractivity contribution in [2.24, 2.45) is 5.92 Å². The monoisotopic (exact) mass is 448 g/mol. The van der Waals surface area contributed by atoms with Crippen molar-refractivity contribution in [2.45, 2.75) is 84.5 Å². The summed E-state index contributed by atoms with van der Waals surface area (Å²) in [7, 11) is 1.68. The molecule has 0 aliphatic heterocycles. The second kappa shape index (κ2) is 9.75. The molecule has 0 fully saturated rings. The summed E-state index contributed by atoms with van der Waals surface area (Å²) in [5.41, 5.74) is 3.73. The third kappa shape index (κ3) is 5.51. The first-order chi connectivity index (χ1) is 15.5. The van der Waals surface area contributed by atoms with E-state index in [1.165, 1.54) is 0 Å². The van der Waals surface area contributed by atoms with Crippen LogP contribution in [0.1, 0.15) is 95.9 Å². The highest BCUT2D eigenvalue weighted by atomic mass is 16.5. The van der Waals surface area contributed by atoms with Crippen LogP contribution < -0.4 is 9.47 Å². The van der Waals surface area contributed by atoms with Crippen LogP contribution in [0, 0.1) is 5.92 Å². The first-order valence-electron chi connectivity index (χ1n) is 12.2.